The van der Waals surface area contributed by atoms with Crippen molar-refractivity contribution in [2.24, 2.45) is 0 Å². The van der Waals surface area contributed by atoms with Crippen LogP contribution in [0.4, 0.5) is 17.5 Å². The maximum atomic E-state index is 11.8. The van der Waals surface area contributed by atoms with Gasteiger partial charge in [-0.3, -0.25) is 0 Å². The molecule has 0 amide bonds. The van der Waals surface area contributed by atoms with Crippen LogP contribution in [0, 0.1) is 11.3 Å². The zero-order chi connectivity index (χ0) is 16.2. The van der Waals surface area contributed by atoms with Gasteiger partial charge in [-0.1, -0.05) is 6.07 Å². The Bertz CT molecular complexity index is 829. The van der Waals surface area contributed by atoms with E-state index in [0.29, 0.717) is 17.1 Å². The first kappa shape index (κ1) is 15.7. The molecule has 2 rings (SSSR count). The molecule has 2 aromatic rings. The lowest BCUT2D eigenvalue weighted by atomic mass is 10.3. The maximum Gasteiger partial charge on any atom is 0.240 e. The third-order valence-corrected chi connectivity index (χ3v) is 4.23. The fourth-order valence-corrected chi connectivity index (χ4v) is 2.48. The zero-order valence-corrected chi connectivity index (χ0v) is 12.8. The molecule has 1 aromatic heterocycles. The van der Waals surface area contributed by atoms with Crippen LogP contribution in [0.5, 0.6) is 0 Å². The lowest BCUT2D eigenvalue weighted by Gasteiger charge is -2.09. The van der Waals surface area contributed by atoms with Gasteiger partial charge in [0.25, 0.3) is 0 Å². The average molecular weight is 318 g/mol. The summed E-state index contributed by atoms with van der Waals surface area (Å²) < 4.78 is 25.8. The van der Waals surface area contributed by atoms with Crippen molar-refractivity contribution < 1.29 is 8.42 Å². The Morgan fingerprint density at radius 1 is 1.27 bits per heavy atom. The van der Waals surface area contributed by atoms with E-state index in [4.69, 9.17) is 5.26 Å². The van der Waals surface area contributed by atoms with E-state index in [1.54, 1.807) is 19.2 Å². The molecule has 0 aliphatic heterocycles. The quantitative estimate of drug-likeness (QED) is 0.753. The van der Waals surface area contributed by atoms with Gasteiger partial charge in [-0.25, -0.2) is 18.1 Å². The molecular formula is C13H14N6O2S. The molecule has 0 radical (unpaired) electrons. The van der Waals surface area contributed by atoms with E-state index in [0.717, 1.165) is 0 Å². The first-order valence-electron chi connectivity index (χ1n) is 6.25. The van der Waals surface area contributed by atoms with Gasteiger partial charge >= 0.3 is 0 Å². The molecule has 114 valence electrons. The summed E-state index contributed by atoms with van der Waals surface area (Å²) in [4.78, 5) is 8.29. The SMILES string of the molecule is CNc1nc(Nc2cccc(S(=O)(=O)NC)c2)ncc1C#N. The Morgan fingerprint density at radius 2 is 2.05 bits per heavy atom. The van der Waals surface area contributed by atoms with E-state index in [2.05, 4.69) is 25.3 Å². The van der Waals surface area contributed by atoms with E-state index >= 15 is 0 Å². The van der Waals surface area contributed by atoms with Gasteiger partial charge < -0.3 is 10.6 Å². The Morgan fingerprint density at radius 3 is 2.68 bits per heavy atom. The number of sulfonamides is 1. The lowest BCUT2D eigenvalue weighted by molar-refractivity contribution is 0.588. The van der Waals surface area contributed by atoms with E-state index in [-0.39, 0.29) is 10.8 Å². The average Bonchev–Trinajstić information content (AvgIpc) is 2.55. The van der Waals surface area contributed by atoms with Crippen molar-refractivity contribution in [3.63, 3.8) is 0 Å². The smallest absolute Gasteiger partial charge is 0.240 e. The van der Waals surface area contributed by atoms with Gasteiger partial charge in [-0.05, 0) is 25.2 Å². The van der Waals surface area contributed by atoms with Gasteiger partial charge in [-0.2, -0.15) is 10.2 Å². The number of hydrogen-bond donors (Lipinski definition) is 3. The predicted molar refractivity (Wildman–Crippen MR) is 82.3 cm³/mol. The van der Waals surface area contributed by atoms with Crippen molar-refractivity contribution in [1.82, 2.24) is 14.7 Å². The Labute approximate surface area is 128 Å². The summed E-state index contributed by atoms with van der Waals surface area (Å²) in [6.45, 7) is 0. The second kappa shape index (κ2) is 6.38. The molecule has 0 unspecified atom stereocenters. The second-order valence-corrected chi connectivity index (χ2v) is 6.06. The minimum atomic E-state index is -3.52. The summed E-state index contributed by atoms with van der Waals surface area (Å²) in [6, 6.07) is 8.21. The summed E-state index contributed by atoms with van der Waals surface area (Å²) in [6.07, 6.45) is 1.38. The highest BCUT2D eigenvalue weighted by Crippen LogP contribution is 2.19. The zero-order valence-electron chi connectivity index (χ0n) is 12.0. The number of nitrogens with zero attached hydrogens (tertiary/aromatic N) is 3. The fourth-order valence-electron chi connectivity index (χ4n) is 1.70. The largest absolute Gasteiger partial charge is 0.372 e. The molecule has 0 saturated carbocycles. The van der Waals surface area contributed by atoms with E-state index in [1.807, 2.05) is 6.07 Å². The normalized spacial score (nSPS) is 10.8. The van der Waals surface area contributed by atoms with Crippen LogP contribution in [-0.2, 0) is 10.0 Å². The highest BCUT2D eigenvalue weighted by atomic mass is 32.2. The standard InChI is InChI=1S/C13H14N6O2S/c1-15-12-9(7-14)8-17-13(19-12)18-10-4-3-5-11(6-10)22(20,21)16-2/h3-6,8,16H,1-2H3,(H2,15,17,18,19). The first-order chi connectivity index (χ1) is 10.5. The summed E-state index contributed by atoms with van der Waals surface area (Å²) in [7, 11) is -0.531. The van der Waals surface area contributed by atoms with Gasteiger partial charge in [0.15, 0.2) is 0 Å². The molecule has 1 heterocycles. The van der Waals surface area contributed by atoms with E-state index < -0.39 is 10.0 Å². The van der Waals surface area contributed by atoms with Crippen LogP contribution in [-0.4, -0.2) is 32.5 Å². The highest BCUT2D eigenvalue weighted by molar-refractivity contribution is 7.89. The molecule has 3 N–H and O–H groups in total. The van der Waals surface area contributed by atoms with Gasteiger partial charge in [0.2, 0.25) is 16.0 Å². The maximum absolute atomic E-state index is 11.8. The monoisotopic (exact) mass is 318 g/mol. The minimum absolute atomic E-state index is 0.127. The summed E-state index contributed by atoms with van der Waals surface area (Å²) in [5.41, 5.74) is 0.836. The summed E-state index contributed by atoms with van der Waals surface area (Å²) >= 11 is 0. The van der Waals surface area contributed by atoms with Gasteiger partial charge in [0.05, 0.1) is 11.1 Å². The Balaban J connectivity index is 2.32. The number of anilines is 3. The molecule has 22 heavy (non-hydrogen) atoms. The molecule has 8 nitrogen and oxygen atoms in total. The number of nitriles is 1. The van der Waals surface area contributed by atoms with Crippen molar-refractivity contribution in [1.29, 1.82) is 5.26 Å². The number of benzene rings is 1. The third-order valence-electron chi connectivity index (χ3n) is 2.82. The van der Waals surface area contributed by atoms with Gasteiger partial charge in [-0.15, -0.1) is 0 Å². The van der Waals surface area contributed by atoms with E-state index in [9.17, 15) is 8.42 Å². The van der Waals surface area contributed by atoms with Crippen molar-refractivity contribution in [3.05, 3.63) is 36.0 Å². The van der Waals surface area contributed by atoms with Crippen molar-refractivity contribution >= 4 is 27.5 Å². The fraction of sp³-hybridized carbons (Fsp3) is 0.154. The molecule has 0 atom stereocenters. The number of hydrogen-bond acceptors (Lipinski definition) is 7. The molecular weight excluding hydrogens is 304 g/mol. The van der Waals surface area contributed by atoms with Crippen molar-refractivity contribution in [2.45, 2.75) is 4.90 Å². The molecule has 0 saturated heterocycles. The molecule has 0 bridgehead atoms. The first-order valence-corrected chi connectivity index (χ1v) is 7.74. The Kier molecular flexibility index (Phi) is 4.55. The van der Waals surface area contributed by atoms with Crippen LogP contribution in [0.2, 0.25) is 0 Å². The van der Waals surface area contributed by atoms with Crippen molar-refractivity contribution in [2.75, 3.05) is 24.7 Å². The number of nitrogens with one attached hydrogen (secondary N) is 3. The minimum Gasteiger partial charge on any atom is -0.372 e. The molecule has 0 aliphatic rings. The third kappa shape index (κ3) is 3.30. The van der Waals surface area contributed by atoms with Crippen LogP contribution in [0.3, 0.4) is 0 Å². The number of aromatic nitrogens is 2. The van der Waals surface area contributed by atoms with Crippen LogP contribution in [0.25, 0.3) is 0 Å². The molecule has 0 spiro atoms. The van der Waals surface area contributed by atoms with Crippen LogP contribution < -0.4 is 15.4 Å². The molecule has 1 aromatic carbocycles. The van der Waals surface area contributed by atoms with Gasteiger partial charge in [0, 0.05) is 12.7 Å². The van der Waals surface area contributed by atoms with E-state index in [1.165, 1.54) is 25.4 Å². The summed E-state index contributed by atoms with van der Waals surface area (Å²) in [5.74, 6) is 0.640. The molecule has 9 heteroatoms. The highest BCUT2D eigenvalue weighted by Gasteiger charge is 2.12. The number of rotatable bonds is 5. The van der Waals surface area contributed by atoms with Crippen LogP contribution in [0.1, 0.15) is 5.56 Å². The van der Waals surface area contributed by atoms with Gasteiger partial charge in [0.1, 0.15) is 17.5 Å². The topological polar surface area (TPSA) is 120 Å². The summed E-state index contributed by atoms with van der Waals surface area (Å²) in [5, 5.41) is 14.6. The van der Waals surface area contributed by atoms with Crippen LogP contribution >= 0.6 is 0 Å². The van der Waals surface area contributed by atoms with Crippen LogP contribution in [0.15, 0.2) is 35.4 Å². The second-order valence-electron chi connectivity index (χ2n) is 4.18. The van der Waals surface area contributed by atoms with Crippen molar-refractivity contribution in [3.8, 4) is 6.07 Å². The molecule has 0 aliphatic carbocycles. The molecule has 0 fully saturated rings. The lowest BCUT2D eigenvalue weighted by Crippen LogP contribution is -2.18. The Hall–Kier alpha value is -2.70. The predicted octanol–water partition coefficient (Wildman–Crippen LogP) is 1.04.